The summed E-state index contributed by atoms with van der Waals surface area (Å²) in [5.41, 5.74) is 1.48. The Morgan fingerprint density at radius 3 is 2.22 bits per heavy atom. The summed E-state index contributed by atoms with van der Waals surface area (Å²) in [6.45, 7) is 5.05. The number of esters is 1. The van der Waals surface area contributed by atoms with Crippen molar-refractivity contribution in [2.45, 2.75) is 6.92 Å². The summed E-state index contributed by atoms with van der Waals surface area (Å²) in [5.74, 6) is -0.696. The van der Waals surface area contributed by atoms with Crippen molar-refractivity contribution < 1.29 is 18.7 Å². The number of hydrogen-bond donors (Lipinski definition) is 0. The van der Waals surface area contributed by atoms with E-state index in [0.717, 1.165) is 5.56 Å². The Morgan fingerprint density at radius 1 is 1.04 bits per heavy atom. The van der Waals surface area contributed by atoms with Gasteiger partial charge in [0.05, 0.1) is 0 Å². The fourth-order valence-electron chi connectivity index (χ4n) is 1.72. The molecule has 2 aromatic carbocycles. The first kappa shape index (κ1) is 16.4. The molecule has 0 spiro atoms. The monoisotopic (exact) mass is 310 g/mol. The summed E-state index contributed by atoms with van der Waals surface area (Å²) in [7, 11) is 0. The molecular formula is C19H15FO3. The van der Waals surface area contributed by atoms with Crippen LogP contribution in [0.3, 0.4) is 0 Å². The van der Waals surface area contributed by atoms with Gasteiger partial charge in [0.25, 0.3) is 0 Å². The smallest absolute Gasteiger partial charge is 0.338 e. The van der Waals surface area contributed by atoms with Crippen molar-refractivity contribution >= 4 is 17.8 Å². The average molecular weight is 310 g/mol. The molecule has 0 amide bonds. The van der Waals surface area contributed by atoms with Crippen molar-refractivity contribution in [2.24, 2.45) is 0 Å². The molecule has 0 radical (unpaired) electrons. The Balaban J connectivity index is 2.04. The third-order valence-electron chi connectivity index (χ3n) is 3.00. The Bertz CT molecular complexity index is 756. The second-order valence-corrected chi connectivity index (χ2v) is 4.94. The van der Waals surface area contributed by atoms with E-state index < -0.39 is 5.97 Å². The van der Waals surface area contributed by atoms with E-state index in [0.29, 0.717) is 16.9 Å². The van der Waals surface area contributed by atoms with Gasteiger partial charge in [-0.15, -0.1) is 0 Å². The van der Waals surface area contributed by atoms with Gasteiger partial charge in [-0.1, -0.05) is 24.8 Å². The number of rotatable bonds is 5. The number of ketones is 1. The average Bonchev–Trinajstić information content (AvgIpc) is 2.54. The summed E-state index contributed by atoms with van der Waals surface area (Å²) < 4.78 is 17.8. The van der Waals surface area contributed by atoms with E-state index >= 15 is 0 Å². The molecule has 2 aromatic rings. The lowest BCUT2D eigenvalue weighted by Crippen LogP contribution is -2.08. The van der Waals surface area contributed by atoms with Gasteiger partial charge in [-0.3, -0.25) is 4.79 Å². The van der Waals surface area contributed by atoms with Crippen LogP contribution < -0.4 is 4.74 Å². The summed E-state index contributed by atoms with van der Waals surface area (Å²) >= 11 is 0. The lowest BCUT2D eigenvalue weighted by molar-refractivity contribution is -0.130. The minimum atomic E-state index is -0.514. The SMILES string of the molecule is C=C(C)C(=O)Oc1ccc(C(=O)/C=C/c2ccc(F)cc2)cc1. The Morgan fingerprint density at radius 2 is 1.65 bits per heavy atom. The molecule has 3 nitrogen and oxygen atoms in total. The van der Waals surface area contributed by atoms with Gasteiger partial charge >= 0.3 is 5.97 Å². The third-order valence-corrected chi connectivity index (χ3v) is 3.00. The molecule has 23 heavy (non-hydrogen) atoms. The number of ether oxygens (including phenoxy) is 1. The van der Waals surface area contributed by atoms with Crippen LogP contribution in [0.2, 0.25) is 0 Å². The Hall–Kier alpha value is -3.01. The van der Waals surface area contributed by atoms with Gasteiger partial charge in [0.15, 0.2) is 5.78 Å². The number of carbonyl (C=O) groups is 2. The van der Waals surface area contributed by atoms with Crippen LogP contribution >= 0.6 is 0 Å². The summed E-state index contributed by atoms with van der Waals surface area (Å²) in [6.07, 6.45) is 3.01. The minimum absolute atomic E-state index is 0.202. The molecule has 4 heteroatoms. The topological polar surface area (TPSA) is 43.4 Å². The maximum absolute atomic E-state index is 12.8. The van der Waals surface area contributed by atoms with E-state index in [-0.39, 0.29) is 11.6 Å². The first-order valence-corrected chi connectivity index (χ1v) is 6.91. The fourth-order valence-corrected chi connectivity index (χ4v) is 1.72. The van der Waals surface area contributed by atoms with Gasteiger partial charge in [0, 0.05) is 11.1 Å². The van der Waals surface area contributed by atoms with E-state index in [4.69, 9.17) is 4.74 Å². The van der Waals surface area contributed by atoms with Crippen molar-refractivity contribution in [2.75, 3.05) is 0 Å². The maximum Gasteiger partial charge on any atom is 0.338 e. The highest BCUT2D eigenvalue weighted by Crippen LogP contribution is 2.15. The van der Waals surface area contributed by atoms with E-state index in [1.807, 2.05) is 0 Å². The van der Waals surface area contributed by atoms with Gasteiger partial charge in [-0.25, -0.2) is 9.18 Å². The van der Waals surface area contributed by atoms with E-state index in [2.05, 4.69) is 6.58 Å². The molecule has 0 fully saturated rings. The normalized spacial score (nSPS) is 10.5. The van der Waals surface area contributed by atoms with Crippen LogP contribution in [0.15, 0.2) is 66.8 Å². The molecule has 0 atom stereocenters. The standard InChI is InChI=1S/C19H15FO3/c1-13(2)19(22)23-17-10-6-15(7-11-17)18(21)12-5-14-3-8-16(20)9-4-14/h3-12H,1H2,2H3/b12-5+. The molecule has 0 saturated heterocycles. The van der Waals surface area contributed by atoms with Crippen LogP contribution in [-0.4, -0.2) is 11.8 Å². The van der Waals surface area contributed by atoms with Crippen LogP contribution in [0.25, 0.3) is 6.08 Å². The minimum Gasteiger partial charge on any atom is -0.423 e. The molecule has 0 unspecified atom stereocenters. The first-order valence-electron chi connectivity index (χ1n) is 6.91. The molecule has 0 aliphatic carbocycles. The van der Waals surface area contributed by atoms with Gasteiger partial charge in [0.2, 0.25) is 0 Å². The molecule has 0 aliphatic rings. The highest BCUT2D eigenvalue weighted by Gasteiger charge is 2.06. The van der Waals surface area contributed by atoms with Crippen molar-refractivity contribution in [1.82, 2.24) is 0 Å². The summed E-state index contributed by atoms with van der Waals surface area (Å²) in [4.78, 5) is 23.4. The highest BCUT2D eigenvalue weighted by atomic mass is 19.1. The summed E-state index contributed by atoms with van der Waals surface area (Å²) in [5, 5.41) is 0. The Labute approximate surface area is 133 Å². The van der Waals surface area contributed by atoms with Gasteiger partial charge in [0.1, 0.15) is 11.6 Å². The van der Waals surface area contributed by atoms with E-state index in [1.165, 1.54) is 18.2 Å². The fraction of sp³-hybridized carbons (Fsp3) is 0.0526. The largest absolute Gasteiger partial charge is 0.423 e. The second kappa shape index (κ2) is 7.31. The quantitative estimate of drug-likeness (QED) is 0.360. The molecule has 2 rings (SSSR count). The zero-order chi connectivity index (χ0) is 16.8. The number of hydrogen-bond acceptors (Lipinski definition) is 3. The van der Waals surface area contributed by atoms with Crippen molar-refractivity contribution in [3.05, 3.63) is 83.7 Å². The molecule has 0 N–H and O–H groups in total. The molecule has 0 bridgehead atoms. The second-order valence-electron chi connectivity index (χ2n) is 4.94. The van der Waals surface area contributed by atoms with Crippen LogP contribution in [0.1, 0.15) is 22.8 Å². The van der Waals surface area contributed by atoms with Gasteiger partial charge in [-0.05, 0) is 55.0 Å². The van der Waals surface area contributed by atoms with Crippen LogP contribution in [0, 0.1) is 5.82 Å². The maximum atomic E-state index is 12.8. The molecule has 0 aliphatic heterocycles. The zero-order valence-corrected chi connectivity index (χ0v) is 12.6. The lowest BCUT2D eigenvalue weighted by Gasteiger charge is -2.04. The predicted molar refractivity (Wildman–Crippen MR) is 86.7 cm³/mol. The molecule has 0 saturated carbocycles. The zero-order valence-electron chi connectivity index (χ0n) is 12.6. The van der Waals surface area contributed by atoms with Crippen LogP contribution in [0.5, 0.6) is 5.75 Å². The first-order chi connectivity index (χ1) is 11.0. The van der Waals surface area contributed by atoms with E-state index in [9.17, 15) is 14.0 Å². The number of carbonyl (C=O) groups excluding carboxylic acids is 2. The summed E-state index contributed by atoms with van der Waals surface area (Å²) in [6, 6.07) is 12.0. The van der Waals surface area contributed by atoms with Crippen molar-refractivity contribution in [3.8, 4) is 5.75 Å². The van der Waals surface area contributed by atoms with E-state index in [1.54, 1.807) is 49.4 Å². The number of halogens is 1. The number of allylic oxidation sites excluding steroid dienone is 1. The molecular weight excluding hydrogens is 295 g/mol. The van der Waals surface area contributed by atoms with Crippen LogP contribution in [-0.2, 0) is 4.79 Å². The van der Waals surface area contributed by atoms with Crippen molar-refractivity contribution in [1.29, 1.82) is 0 Å². The van der Waals surface area contributed by atoms with Crippen molar-refractivity contribution in [3.63, 3.8) is 0 Å². The number of benzene rings is 2. The molecule has 0 heterocycles. The molecule has 0 aromatic heterocycles. The van der Waals surface area contributed by atoms with Gasteiger partial charge < -0.3 is 4.74 Å². The van der Waals surface area contributed by atoms with Gasteiger partial charge in [-0.2, -0.15) is 0 Å². The highest BCUT2D eigenvalue weighted by molar-refractivity contribution is 6.06. The van der Waals surface area contributed by atoms with Crippen LogP contribution in [0.4, 0.5) is 4.39 Å². The third kappa shape index (κ3) is 4.74. The predicted octanol–water partition coefficient (Wildman–Crippen LogP) is 4.20. The molecule has 116 valence electrons. The lowest BCUT2D eigenvalue weighted by atomic mass is 10.1. The Kier molecular flexibility index (Phi) is 5.20.